The van der Waals surface area contributed by atoms with Gasteiger partial charge in [-0.1, -0.05) is 12.1 Å². The van der Waals surface area contributed by atoms with Crippen molar-refractivity contribution >= 4 is 5.97 Å². The van der Waals surface area contributed by atoms with Crippen LogP contribution in [-0.2, 0) is 4.74 Å². The summed E-state index contributed by atoms with van der Waals surface area (Å²) in [5.74, 6) is 0.151. The number of carbonyl (C=O) groups is 1. The van der Waals surface area contributed by atoms with E-state index in [0.29, 0.717) is 23.6 Å². The van der Waals surface area contributed by atoms with E-state index in [1.165, 1.54) is 0 Å². The van der Waals surface area contributed by atoms with E-state index in [-0.39, 0.29) is 12.3 Å². The lowest BCUT2D eigenvalue weighted by molar-refractivity contribution is 0.0520. The van der Waals surface area contributed by atoms with Crippen LogP contribution in [0.5, 0.6) is 5.75 Å². The number of aromatic nitrogens is 3. The van der Waals surface area contributed by atoms with Gasteiger partial charge in [-0.3, -0.25) is 0 Å². The number of aromatic amines is 1. The molecule has 0 aliphatic heterocycles. The molecule has 2 rings (SSSR count). The van der Waals surface area contributed by atoms with Crippen molar-refractivity contribution in [2.45, 2.75) is 6.92 Å². The van der Waals surface area contributed by atoms with Crippen molar-refractivity contribution in [2.75, 3.05) is 33.9 Å². The maximum atomic E-state index is 11.9. The molecule has 0 unspecified atom stereocenters. The third kappa shape index (κ3) is 3.82. The highest BCUT2D eigenvalue weighted by molar-refractivity contribution is 5.94. The standard InChI is InChI=1S/C15H20N4O3/c1-4-21-15(20)14-13(16-18-17-14)11-7-5-6-8-12(11)22-10-9-19(2)3/h5-8H,4,9-10H2,1-3H3,(H,16,17,18). The highest BCUT2D eigenvalue weighted by Crippen LogP contribution is 2.30. The van der Waals surface area contributed by atoms with Crippen molar-refractivity contribution in [1.29, 1.82) is 0 Å². The molecule has 0 atom stereocenters. The Balaban J connectivity index is 2.26. The van der Waals surface area contributed by atoms with Gasteiger partial charge in [0, 0.05) is 12.1 Å². The fourth-order valence-corrected chi connectivity index (χ4v) is 1.89. The van der Waals surface area contributed by atoms with Crippen LogP contribution in [0.2, 0.25) is 0 Å². The van der Waals surface area contributed by atoms with Crippen molar-refractivity contribution in [2.24, 2.45) is 0 Å². The van der Waals surface area contributed by atoms with Crippen molar-refractivity contribution in [1.82, 2.24) is 20.3 Å². The number of likely N-dealkylation sites (N-methyl/N-ethyl adjacent to an activating group) is 1. The van der Waals surface area contributed by atoms with Gasteiger partial charge in [0.25, 0.3) is 0 Å². The summed E-state index contributed by atoms with van der Waals surface area (Å²) in [4.78, 5) is 14.0. The molecule has 0 radical (unpaired) electrons. The van der Waals surface area contributed by atoms with Gasteiger partial charge in [-0.2, -0.15) is 10.3 Å². The Labute approximate surface area is 129 Å². The number of rotatable bonds is 7. The quantitative estimate of drug-likeness (QED) is 0.782. The van der Waals surface area contributed by atoms with E-state index in [1.54, 1.807) is 6.92 Å². The van der Waals surface area contributed by atoms with Crippen molar-refractivity contribution in [3.05, 3.63) is 30.0 Å². The van der Waals surface area contributed by atoms with Gasteiger partial charge in [0.2, 0.25) is 0 Å². The SMILES string of the molecule is CCOC(=O)c1n[nH]nc1-c1ccccc1OCCN(C)C. The first-order valence-corrected chi connectivity index (χ1v) is 7.08. The number of esters is 1. The molecule has 0 saturated heterocycles. The van der Waals surface area contributed by atoms with E-state index in [0.717, 1.165) is 6.54 Å². The van der Waals surface area contributed by atoms with Gasteiger partial charge in [0.1, 0.15) is 18.1 Å². The molecule has 1 aromatic carbocycles. The predicted molar refractivity (Wildman–Crippen MR) is 81.8 cm³/mol. The number of ether oxygens (including phenoxy) is 2. The van der Waals surface area contributed by atoms with E-state index < -0.39 is 5.97 Å². The summed E-state index contributed by atoms with van der Waals surface area (Å²) in [6.45, 7) is 3.36. The van der Waals surface area contributed by atoms with Crippen molar-refractivity contribution < 1.29 is 14.3 Å². The lowest BCUT2D eigenvalue weighted by atomic mass is 10.1. The number of hydrogen-bond donors (Lipinski definition) is 1. The number of para-hydroxylation sites is 1. The highest BCUT2D eigenvalue weighted by Gasteiger charge is 2.21. The lowest BCUT2D eigenvalue weighted by Crippen LogP contribution is -2.19. The molecule has 1 N–H and O–H groups in total. The van der Waals surface area contributed by atoms with E-state index in [4.69, 9.17) is 9.47 Å². The van der Waals surface area contributed by atoms with Gasteiger partial charge in [-0.05, 0) is 33.2 Å². The van der Waals surface area contributed by atoms with Crippen molar-refractivity contribution in [3.63, 3.8) is 0 Å². The molecule has 7 nitrogen and oxygen atoms in total. The second-order valence-corrected chi connectivity index (χ2v) is 4.89. The van der Waals surface area contributed by atoms with E-state index in [9.17, 15) is 4.79 Å². The monoisotopic (exact) mass is 304 g/mol. The molecule has 0 fully saturated rings. The Morgan fingerprint density at radius 1 is 1.27 bits per heavy atom. The summed E-state index contributed by atoms with van der Waals surface area (Å²) < 4.78 is 10.8. The molecule has 1 heterocycles. The average Bonchev–Trinajstić information content (AvgIpc) is 2.97. The van der Waals surface area contributed by atoms with Crippen LogP contribution < -0.4 is 4.74 Å². The summed E-state index contributed by atoms with van der Waals surface area (Å²) in [6, 6.07) is 7.41. The van der Waals surface area contributed by atoms with Gasteiger partial charge in [0.05, 0.1) is 6.61 Å². The van der Waals surface area contributed by atoms with Crippen LogP contribution in [0.3, 0.4) is 0 Å². The van der Waals surface area contributed by atoms with Crippen LogP contribution in [-0.4, -0.2) is 60.1 Å². The molecule has 7 heteroatoms. The molecule has 0 saturated carbocycles. The van der Waals surface area contributed by atoms with Crippen molar-refractivity contribution in [3.8, 4) is 17.0 Å². The normalized spacial score (nSPS) is 10.7. The minimum atomic E-state index is -0.505. The fourth-order valence-electron chi connectivity index (χ4n) is 1.89. The van der Waals surface area contributed by atoms with Gasteiger partial charge in [-0.15, -0.1) is 5.10 Å². The van der Waals surface area contributed by atoms with Crippen LogP contribution in [0, 0.1) is 0 Å². The summed E-state index contributed by atoms with van der Waals surface area (Å²) >= 11 is 0. The molecular formula is C15H20N4O3. The summed E-state index contributed by atoms with van der Waals surface area (Å²) in [6.07, 6.45) is 0. The number of H-pyrrole nitrogens is 1. The molecule has 2 aromatic rings. The summed E-state index contributed by atoms with van der Waals surface area (Å²) in [5, 5.41) is 10.4. The maximum Gasteiger partial charge on any atom is 0.361 e. The molecule has 22 heavy (non-hydrogen) atoms. The Bertz CT molecular complexity index is 625. The summed E-state index contributed by atoms with van der Waals surface area (Å²) in [7, 11) is 3.96. The molecule has 0 bridgehead atoms. The van der Waals surface area contributed by atoms with Gasteiger partial charge >= 0.3 is 5.97 Å². The molecular weight excluding hydrogens is 284 g/mol. The van der Waals surface area contributed by atoms with Gasteiger partial charge in [-0.25, -0.2) is 4.79 Å². The smallest absolute Gasteiger partial charge is 0.361 e. The van der Waals surface area contributed by atoms with E-state index >= 15 is 0 Å². The van der Waals surface area contributed by atoms with Crippen LogP contribution in [0.4, 0.5) is 0 Å². The molecule has 0 spiro atoms. The topological polar surface area (TPSA) is 80.3 Å². The van der Waals surface area contributed by atoms with E-state index in [2.05, 4.69) is 15.4 Å². The predicted octanol–water partition coefficient (Wildman–Crippen LogP) is 1.59. The highest BCUT2D eigenvalue weighted by atomic mass is 16.5. The van der Waals surface area contributed by atoms with Crippen LogP contribution in [0.1, 0.15) is 17.4 Å². The zero-order valence-electron chi connectivity index (χ0n) is 13.0. The second kappa shape index (κ2) is 7.56. The second-order valence-electron chi connectivity index (χ2n) is 4.89. The zero-order chi connectivity index (χ0) is 15.9. The van der Waals surface area contributed by atoms with Gasteiger partial charge in [0.15, 0.2) is 5.69 Å². The first kappa shape index (κ1) is 16.0. The zero-order valence-corrected chi connectivity index (χ0v) is 13.0. The number of benzene rings is 1. The van der Waals surface area contributed by atoms with Crippen LogP contribution in [0.25, 0.3) is 11.3 Å². The minimum absolute atomic E-state index is 0.158. The minimum Gasteiger partial charge on any atom is -0.492 e. The number of nitrogens with one attached hydrogen (secondary N) is 1. The molecule has 0 aliphatic rings. The molecule has 0 aliphatic carbocycles. The van der Waals surface area contributed by atoms with Gasteiger partial charge < -0.3 is 14.4 Å². The Kier molecular flexibility index (Phi) is 5.48. The number of hydrogen-bond acceptors (Lipinski definition) is 6. The molecule has 0 amide bonds. The largest absolute Gasteiger partial charge is 0.492 e. The Hall–Kier alpha value is -2.41. The van der Waals surface area contributed by atoms with Crippen LogP contribution >= 0.6 is 0 Å². The third-order valence-electron chi connectivity index (χ3n) is 2.95. The Morgan fingerprint density at radius 2 is 2.05 bits per heavy atom. The third-order valence-corrected chi connectivity index (χ3v) is 2.95. The Morgan fingerprint density at radius 3 is 2.77 bits per heavy atom. The average molecular weight is 304 g/mol. The van der Waals surface area contributed by atoms with E-state index in [1.807, 2.05) is 43.3 Å². The summed E-state index contributed by atoms with van der Waals surface area (Å²) in [5.41, 5.74) is 1.29. The molecule has 1 aromatic heterocycles. The fraction of sp³-hybridized carbons (Fsp3) is 0.400. The first-order chi connectivity index (χ1) is 10.6. The first-order valence-electron chi connectivity index (χ1n) is 7.08. The van der Waals surface area contributed by atoms with Crippen LogP contribution in [0.15, 0.2) is 24.3 Å². The molecule has 118 valence electrons. The lowest BCUT2D eigenvalue weighted by Gasteiger charge is -2.13. The maximum absolute atomic E-state index is 11.9. The number of carbonyl (C=O) groups excluding carboxylic acids is 1. The number of nitrogens with zero attached hydrogens (tertiary/aromatic N) is 3.